The van der Waals surface area contributed by atoms with Gasteiger partial charge in [0.15, 0.2) is 0 Å². The van der Waals surface area contributed by atoms with Gasteiger partial charge in [-0.05, 0) is 10.9 Å². The van der Waals surface area contributed by atoms with E-state index < -0.39 is 0 Å². The zero-order chi connectivity index (χ0) is 6.28. The van der Waals surface area contributed by atoms with Crippen molar-refractivity contribution in [1.29, 1.82) is 0 Å². The van der Waals surface area contributed by atoms with Gasteiger partial charge in [-0.1, -0.05) is 0 Å². The van der Waals surface area contributed by atoms with Crippen LogP contribution in [0.25, 0.3) is 0 Å². The molecule has 0 spiro atoms. The quantitative estimate of drug-likeness (QED) is 0.332. The van der Waals surface area contributed by atoms with E-state index in [1.165, 1.54) is 0 Å². The average Bonchev–Trinajstić information content (AvgIpc) is 1.33. The van der Waals surface area contributed by atoms with Crippen molar-refractivity contribution >= 4 is 48.1 Å². The minimum atomic E-state index is 0.530. The predicted octanol–water partition coefficient (Wildman–Crippen LogP) is -0.730. The van der Waals surface area contributed by atoms with Crippen LogP contribution >= 0.6 is 37.2 Å². The van der Waals surface area contributed by atoms with E-state index in [1.54, 1.807) is 0 Å². The summed E-state index contributed by atoms with van der Waals surface area (Å²) >= 11 is 5.30. The van der Waals surface area contributed by atoms with Crippen molar-refractivity contribution in [1.82, 2.24) is 0 Å². The first kappa shape index (κ1) is 12.2. The Kier molecular flexibility index (Phi) is 19.8. The van der Waals surface area contributed by atoms with Gasteiger partial charge in [0.1, 0.15) is 0 Å². The van der Waals surface area contributed by atoms with Gasteiger partial charge < -0.3 is 0 Å². The normalized spacial score (nSPS) is 8.29. The second kappa shape index (κ2) is 11.4. The SMILES string of the molecule is C[S+](C)C.I[I-]I. The Morgan fingerprint density at radius 1 is 1.14 bits per heavy atom. The van der Waals surface area contributed by atoms with Crippen molar-refractivity contribution in [2.24, 2.45) is 0 Å². The van der Waals surface area contributed by atoms with Crippen molar-refractivity contribution in [3.05, 3.63) is 0 Å². The summed E-state index contributed by atoms with van der Waals surface area (Å²) in [7, 11) is 0.639. The standard InChI is InChI=1S/C3H9S.I3/c1-4(2)3;1-3-2/h1-3H3;/q+1;-1. The van der Waals surface area contributed by atoms with Crippen LogP contribution in [0.2, 0.25) is 0 Å². The van der Waals surface area contributed by atoms with E-state index in [0.717, 1.165) is 0 Å². The van der Waals surface area contributed by atoms with Gasteiger partial charge in [0.25, 0.3) is 0 Å². The van der Waals surface area contributed by atoms with E-state index in [-0.39, 0.29) is 0 Å². The summed E-state index contributed by atoms with van der Waals surface area (Å²) in [5, 5.41) is 0. The first-order valence-corrected chi connectivity index (χ1v) is 16.5. The maximum absolute atomic E-state index is 2.39. The van der Waals surface area contributed by atoms with Crippen LogP contribution in [0.5, 0.6) is 0 Å². The molecule has 0 atom stereocenters. The molecule has 0 nitrogen and oxygen atoms in total. The molecule has 0 radical (unpaired) electrons. The van der Waals surface area contributed by atoms with E-state index in [0.29, 0.717) is 24.2 Å². The molecule has 4 heteroatoms. The summed E-state index contributed by atoms with van der Waals surface area (Å²) in [6.07, 6.45) is 6.58. The molecule has 0 heterocycles. The molecule has 0 unspecified atom stereocenters. The van der Waals surface area contributed by atoms with E-state index in [1.807, 2.05) is 0 Å². The van der Waals surface area contributed by atoms with Crippen LogP contribution in [0.4, 0.5) is 0 Å². The Morgan fingerprint density at radius 2 is 1.14 bits per heavy atom. The first-order valence-electron chi connectivity index (χ1n) is 1.51. The second-order valence-electron chi connectivity index (χ2n) is 1.28. The van der Waals surface area contributed by atoms with Gasteiger partial charge in [0.05, 0.1) is 18.8 Å². The molecule has 7 heavy (non-hydrogen) atoms. The molecule has 48 valence electrons. The number of halogens is 3. The summed E-state index contributed by atoms with van der Waals surface area (Å²) < 4.78 is 0. The van der Waals surface area contributed by atoms with Crippen molar-refractivity contribution in [2.75, 3.05) is 18.8 Å². The van der Waals surface area contributed by atoms with Crippen LogP contribution in [0.3, 0.4) is 0 Å². The molecule has 0 N–H and O–H groups in total. The van der Waals surface area contributed by atoms with Gasteiger partial charge in [0, 0.05) is 0 Å². The summed E-state index contributed by atoms with van der Waals surface area (Å²) in [6, 6.07) is 0. The van der Waals surface area contributed by atoms with Gasteiger partial charge in [-0.25, -0.2) is 0 Å². The van der Waals surface area contributed by atoms with Crippen molar-refractivity contribution in [3.8, 4) is 0 Å². The van der Waals surface area contributed by atoms with Crippen molar-refractivity contribution in [2.45, 2.75) is 0 Å². The molecule has 0 fully saturated rings. The van der Waals surface area contributed by atoms with Crippen LogP contribution in [-0.2, 0) is 10.9 Å². The van der Waals surface area contributed by atoms with E-state index in [4.69, 9.17) is 0 Å². The topological polar surface area (TPSA) is 0 Å². The van der Waals surface area contributed by atoms with Crippen molar-refractivity contribution in [3.63, 3.8) is 0 Å². The molecule has 0 aliphatic heterocycles. The van der Waals surface area contributed by atoms with Gasteiger partial charge >= 0.3 is 50.5 Å². The fourth-order valence-corrected chi connectivity index (χ4v) is 0. The Hall–Kier alpha value is 2.54. The number of hydrogen-bond acceptors (Lipinski definition) is 0. The zero-order valence-electron chi connectivity index (χ0n) is 4.54. The fraction of sp³-hybridized carbons (Fsp3) is 1.00. The Bertz CT molecular complexity index is 21.4. The molecule has 0 aliphatic rings. The van der Waals surface area contributed by atoms with E-state index in [2.05, 4.69) is 56.0 Å². The third-order valence-electron chi connectivity index (χ3n) is 0. The molecular weight excluding hydrogens is 449 g/mol. The predicted molar refractivity (Wildman–Crippen MR) is 53.2 cm³/mol. The molecule has 0 amide bonds. The van der Waals surface area contributed by atoms with E-state index >= 15 is 0 Å². The van der Waals surface area contributed by atoms with Crippen LogP contribution in [-0.4, -0.2) is 18.8 Å². The summed E-state index contributed by atoms with van der Waals surface area (Å²) in [5.74, 6) is 0. The zero-order valence-corrected chi connectivity index (χ0v) is 11.8. The van der Waals surface area contributed by atoms with Gasteiger partial charge in [-0.2, -0.15) is 0 Å². The molecule has 0 saturated carbocycles. The number of hydrogen-bond donors (Lipinski definition) is 0. The fourth-order valence-electron chi connectivity index (χ4n) is 0. The van der Waals surface area contributed by atoms with Gasteiger partial charge in [-0.15, -0.1) is 0 Å². The van der Waals surface area contributed by atoms with Crippen LogP contribution in [0.1, 0.15) is 0 Å². The summed E-state index contributed by atoms with van der Waals surface area (Å²) in [5.41, 5.74) is 0. The molecule has 0 aromatic heterocycles. The van der Waals surface area contributed by atoms with Crippen LogP contribution in [0.15, 0.2) is 0 Å². The molecule has 0 bridgehead atoms. The summed E-state index contributed by atoms with van der Waals surface area (Å²) in [4.78, 5) is 0. The molecular formula is C3H9I3S. The third kappa shape index (κ3) is 56.6. The maximum atomic E-state index is 2.39. The first-order chi connectivity index (χ1) is 3.15. The van der Waals surface area contributed by atoms with E-state index in [9.17, 15) is 0 Å². The molecule has 0 aliphatic carbocycles. The second-order valence-corrected chi connectivity index (χ2v) is 20.0. The van der Waals surface area contributed by atoms with Crippen LogP contribution in [0, 0.1) is 0 Å². The Balaban J connectivity index is 0. The molecule has 0 rings (SSSR count). The minimum absolute atomic E-state index is 0.530. The third-order valence-corrected chi connectivity index (χ3v) is 0. The van der Waals surface area contributed by atoms with Crippen molar-refractivity contribution < 1.29 is 13.3 Å². The van der Waals surface area contributed by atoms with Gasteiger partial charge in [0.2, 0.25) is 0 Å². The molecule has 0 aromatic carbocycles. The van der Waals surface area contributed by atoms with Gasteiger partial charge in [-0.3, -0.25) is 0 Å². The van der Waals surface area contributed by atoms with Crippen LogP contribution < -0.4 is 13.3 Å². The summed E-state index contributed by atoms with van der Waals surface area (Å²) in [6.45, 7) is 0. The Labute approximate surface area is 78.5 Å². The molecule has 0 saturated heterocycles. The number of rotatable bonds is 0. The Morgan fingerprint density at radius 3 is 1.14 bits per heavy atom. The monoisotopic (exact) mass is 458 g/mol. The molecule has 0 aromatic rings. The average molecular weight is 458 g/mol.